The van der Waals surface area contributed by atoms with Gasteiger partial charge in [0, 0.05) is 17.1 Å². The molecule has 4 heteroatoms. The molecule has 0 amide bonds. The second kappa shape index (κ2) is 8.15. The van der Waals surface area contributed by atoms with Crippen LogP contribution in [0.1, 0.15) is 21.6 Å². The third kappa shape index (κ3) is 3.97. The van der Waals surface area contributed by atoms with Gasteiger partial charge in [-0.2, -0.15) is 0 Å². The number of esters is 1. The summed E-state index contributed by atoms with van der Waals surface area (Å²) in [6.45, 7) is 2.42. The zero-order chi connectivity index (χ0) is 20.2. The molecule has 0 fully saturated rings. The van der Waals surface area contributed by atoms with E-state index in [-0.39, 0.29) is 5.97 Å². The SMILES string of the molecule is COC(=O)c1ccccc1-c1ccc(COc2cc(C)nc3ccccc23)cc1. The van der Waals surface area contributed by atoms with Gasteiger partial charge in [-0.25, -0.2) is 4.79 Å². The molecule has 4 aromatic rings. The van der Waals surface area contributed by atoms with E-state index in [0.29, 0.717) is 12.2 Å². The molecule has 0 spiro atoms. The molecule has 1 aromatic heterocycles. The van der Waals surface area contributed by atoms with Crippen LogP contribution in [0.5, 0.6) is 5.75 Å². The lowest BCUT2D eigenvalue weighted by molar-refractivity contribution is 0.0601. The topological polar surface area (TPSA) is 48.4 Å². The Bertz CT molecular complexity index is 1170. The van der Waals surface area contributed by atoms with Gasteiger partial charge in [0.1, 0.15) is 12.4 Å². The van der Waals surface area contributed by atoms with Crippen LogP contribution in [-0.2, 0) is 11.3 Å². The van der Waals surface area contributed by atoms with Crippen LogP contribution in [0.15, 0.2) is 78.9 Å². The molecule has 144 valence electrons. The summed E-state index contributed by atoms with van der Waals surface area (Å²) in [5, 5.41) is 1.00. The molecule has 29 heavy (non-hydrogen) atoms. The highest BCUT2D eigenvalue weighted by atomic mass is 16.5. The van der Waals surface area contributed by atoms with Gasteiger partial charge >= 0.3 is 5.97 Å². The summed E-state index contributed by atoms with van der Waals surface area (Å²) in [5.74, 6) is 0.487. The lowest BCUT2D eigenvalue weighted by atomic mass is 9.99. The maximum absolute atomic E-state index is 12.0. The summed E-state index contributed by atoms with van der Waals surface area (Å²) in [6.07, 6.45) is 0. The minimum absolute atomic E-state index is 0.340. The fourth-order valence-corrected chi connectivity index (χ4v) is 3.35. The molecular formula is C25H21NO3. The molecule has 0 aliphatic rings. The van der Waals surface area contributed by atoms with Gasteiger partial charge in [0.05, 0.1) is 18.2 Å². The predicted octanol–water partition coefficient (Wildman–Crippen LogP) is 5.58. The Hall–Kier alpha value is -3.66. The van der Waals surface area contributed by atoms with Crippen molar-refractivity contribution >= 4 is 16.9 Å². The molecule has 0 saturated carbocycles. The number of para-hydroxylation sites is 1. The molecule has 0 aliphatic carbocycles. The molecule has 0 saturated heterocycles. The Labute approximate surface area is 169 Å². The number of methoxy groups -OCH3 is 1. The number of hydrogen-bond donors (Lipinski definition) is 0. The molecule has 0 radical (unpaired) electrons. The Morgan fingerprint density at radius 2 is 1.66 bits per heavy atom. The zero-order valence-corrected chi connectivity index (χ0v) is 16.4. The first-order valence-corrected chi connectivity index (χ1v) is 9.41. The first-order chi connectivity index (χ1) is 14.2. The van der Waals surface area contributed by atoms with Crippen molar-refractivity contribution in [3.05, 3.63) is 95.7 Å². The van der Waals surface area contributed by atoms with Gasteiger partial charge in [-0.15, -0.1) is 0 Å². The molecule has 1 heterocycles. The van der Waals surface area contributed by atoms with E-state index >= 15 is 0 Å². The Morgan fingerprint density at radius 1 is 0.931 bits per heavy atom. The standard InChI is InChI=1S/C25H21NO3/c1-17-15-24(22-9-5-6-10-23(22)26-17)29-16-18-11-13-19(14-12-18)20-7-3-4-8-21(20)25(27)28-2/h3-15H,16H2,1-2H3. The van der Waals surface area contributed by atoms with Crippen LogP contribution < -0.4 is 4.74 Å². The van der Waals surface area contributed by atoms with Crippen molar-refractivity contribution in [2.24, 2.45) is 0 Å². The second-order valence-electron chi connectivity index (χ2n) is 6.80. The van der Waals surface area contributed by atoms with Gasteiger partial charge in [-0.3, -0.25) is 4.98 Å². The highest BCUT2D eigenvalue weighted by Crippen LogP contribution is 2.27. The fourth-order valence-electron chi connectivity index (χ4n) is 3.35. The summed E-state index contributed by atoms with van der Waals surface area (Å²) in [7, 11) is 1.39. The van der Waals surface area contributed by atoms with Crippen LogP contribution in [-0.4, -0.2) is 18.1 Å². The van der Waals surface area contributed by atoms with Crippen molar-refractivity contribution in [1.82, 2.24) is 4.98 Å². The third-order valence-electron chi connectivity index (χ3n) is 4.80. The highest BCUT2D eigenvalue weighted by Gasteiger charge is 2.12. The Kier molecular flexibility index (Phi) is 5.25. The molecular weight excluding hydrogens is 362 g/mol. The van der Waals surface area contributed by atoms with Crippen molar-refractivity contribution < 1.29 is 14.3 Å². The van der Waals surface area contributed by atoms with Crippen molar-refractivity contribution in [1.29, 1.82) is 0 Å². The van der Waals surface area contributed by atoms with E-state index in [1.54, 1.807) is 6.07 Å². The monoisotopic (exact) mass is 383 g/mol. The number of ether oxygens (including phenoxy) is 2. The van der Waals surface area contributed by atoms with E-state index in [2.05, 4.69) is 4.98 Å². The third-order valence-corrected chi connectivity index (χ3v) is 4.80. The number of nitrogens with zero attached hydrogens (tertiary/aromatic N) is 1. The molecule has 3 aromatic carbocycles. The molecule has 0 atom stereocenters. The summed E-state index contributed by atoms with van der Waals surface area (Å²) >= 11 is 0. The number of aryl methyl sites for hydroxylation is 1. The molecule has 4 rings (SSSR count). The number of carbonyl (C=O) groups is 1. The number of benzene rings is 3. The van der Waals surface area contributed by atoms with Gasteiger partial charge in [0.25, 0.3) is 0 Å². The number of carbonyl (C=O) groups excluding carboxylic acids is 1. The first kappa shape index (κ1) is 18.7. The minimum atomic E-state index is -0.340. The molecule has 0 unspecified atom stereocenters. The number of fused-ring (bicyclic) bond motifs is 1. The van der Waals surface area contributed by atoms with Gasteiger partial charge < -0.3 is 9.47 Å². The maximum atomic E-state index is 12.0. The molecule has 4 nitrogen and oxygen atoms in total. The Morgan fingerprint density at radius 3 is 2.45 bits per heavy atom. The average Bonchev–Trinajstić information content (AvgIpc) is 2.77. The summed E-state index contributed by atoms with van der Waals surface area (Å²) in [6, 6.07) is 25.4. The molecule has 0 N–H and O–H groups in total. The van der Waals surface area contributed by atoms with E-state index < -0.39 is 0 Å². The van der Waals surface area contributed by atoms with E-state index in [4.69, 9.17) is 9.47 Å². The average molecular weight is 383 g/mol. The summed E-state index contributed by atoms with van der Waals surface area (Å²) < 4.78 is 11.0. The van der Waals surface area contributed by atoms with Crippen LogP contribution >= 0.6 is 0 Å². The van der Waals surface area contributed by atoms with Gasteiger partial charge in [-0.1, -0.05) is 54.6 Å². The fraction of sp³-hybridized carbons (Fsp3) is 0.120. The van der Waals surface area contributed by atoms with E-state index in [1.807, 2.05) is 79.7 Å². The number of rotatable bonds is 5. The largest absolute Gasteiger partial charge is 0.488 e. The smallest absolute Gasteiger partial charge is 0.338 e. The van der Waals surface area contributed by atoms with E-state index in [1.165, 1.54) is 7.11 Å². The van der Waals surface area contributed by atoms with Gasteiger partial charge in [-0.05, 0) is 41.8 Å². The van der Waals surface area contributed by atoms with Gasteiger partial charge in [0.2, 0.25) is 0 Å². The maximum Gasteiger partial charge on any atom is 0.338 e. The van der Waals surface area contributed by atoms with Crippen LogP contribution in [0.3, 0.4) is 0 Å². The minimum Gasteiger partial charge on any atom is -0.488 e. The lowest BCUT2D eigenvalue weighted by Gasteiger charge is -2.11. The van der Waals surface area contributed by atoms with Crippen molar-refractivity contribution in [3.8, 4) is 16.9 Å². The number of pyridine rings is 1. The highest BCUT2D eigenvalue weighted by molar-refractivity contribution is 5.97. The van der Waals surface area contributed by atoms with Crippen LogP contribution in [0, 0.1) is 6.92 Å². The second-order valence-corrected chi connectivity index (χ2v) is 6.80. The van der Waals surface area contributed by atoms with Crippen molar-refractivity contribution in [2.75, 3.05) is 7.11 Å². The Balaban J connectivity index is 1.56. The van der Waals surface area contributed by atoms with Crippen LogP contribution in [0.4, 0.5) is 0 Å². The normalized spacial score (nSPS) is 10.7. The number of aromatic nitrogens is 1. The quantitative estimate of drug-likeness (QED) is 0.422. The first-order valence-electron chi connectivity index (χ1n) is 9.41. The van der Waals surface area contributed by atoms with E-state index in [9.17, 15) is 4.79 Å². The number of hydrogen-bond acceptors (Lipinski definition) is 4. The van der Waals surface area contributed by atoms with Crippen LogP contribution in [0.25, 0.3) is 22.0 Å². The predicted molar refractivity (Wildman–Crippen MR) is 114 cm³/mol. The summed E-state index contributed by atoms with van der Waals surface area (Å²) in [4.78, 5) is 16.6. The molecule has 0 aliphatic heterocycles. The molecule has 0 bridgehead atoms. The van der Waals surface area contributed by atoms with E-state index in [0.717, 1.165) is 39.0 Å². The van der Waals surface area contributed by atoms with Gasteiger partial charge in [0.15, 0.2) is 0 Å². The zero-order valence-electron chi connectivity index (χ0n) is 16.4. The van der Waals surface area contributed by atoms with Crippen molar-refractivity contribution in [2.45, 2.75) is 13.5 Å². The lowest BCUT2D eigenvalue weighted by Crippen LogP contribution is -2.03. The van der Waals surface area contributed by atoms with Crippen LogP contribution in [0.2, 0.25) is 0 Å². The summed E-state index contributed by atoms with van der Waals surface area (Å²) in [5.41, 5.74) is 5.26. The van der Waals surface area contributed by atoms with Crippen molar-refractivity contribution in [3.63, 3.8) is 0 Å².